The highest BCUT2D eigenvalue weighted by atomic mass is 16.6. The van der Waals surface area contributed by atoms with Gasteiger partial charge in [0, 0.05) is 31.0 Å². The number of benzene rings is 1. The molecule has 2 aromatic rings. The lowest BCUT2D eigenvalue weighted by atomic mass is 9.99. The lowest BCUT2D eigenvalue weighted by Gasteiger charge is -2.32. The molecule has 136 valence electrons. The third kappa shape index (κ3) is 3.59. The minimum atomic E-state index is -0.179. The third-order valence-corrected chi connectivity index (χ3v) is 4.93. The summed E-state index contributed by atoms with van der Waals surface area (Å²) in [5, 5.41) is 2.91. The molecule has 0 aliphatic carbocycles. The Labute approximate surface area is 153 Å². The minimum absolute atomic E-state index is 0.179. The van der Waals surface area contributed by atoms with Crippen LogP contribution >= 0.6 is 0 Å². The molecule has 0 spiro atoms. The number of carbonyl (C=O) groups excluding carboxylic acids is 1. The van der Waals surface area contributed by atoms with Gasteiger partial charge in [-0.15, -0.1) is 0 Å². The summed E-state index contributed by atoms with van der Waals surface area (Å²) in [5.41, 5.74) is 2.24. The first-order valence-corrected chi connectivity index (χ1v) is 9.10. The summed E-state index contributed by atoms with van der Waals surface area (Å²) in [6.07, 6.45) is 5.78. The van der Waals surface area contributed by atoms with Gasteiger partial charge in [0.2, 0.25) is 0 Å². The molecule has 26 heavy (non-hydrogen) atoms. The van der Waals surface area contributed by atoms with Crippen molar-refractivity contribution in [2.75, 3.05) is 36.5 Å². The molecule has 1 amide bonds. The molecule has 0 unspecified atom stereocenters. The second-order valence-electron chi connectivity index (χ2n) is 6.91. The van der Waals surface area contributed by atoms with E-state index in [1.807, 2.05) is 24.4 Å². The molecule has 0 saturated carbocycles. The summed E-state index contributed by atoms with van der Waals surface area (Å²) >= 11 is 0. The van der Waals surface area contributed by atoms with Crippen LogP contribution in [0.3, 0.4) is 0 Å². The van der Waals surface area contributed by atoms with E-state index in [4.69, 9.17) is 9.47 Å². The Bertz CT molecular complexity index is 801. The van der Waals surface area contributed by atoms with Gasteiger partial charge in [-0.25, -0.2) is 0 Å². The highest BCUT2D eigenvalue weighted by molar-refractivity contribution is 6.04. The van der Waals surface area contributed by atoms with Crippen LogP contribution in [-0.2, 0) is 0 Å². The summed E-state index contributed by atoms with van der Waals surface area (Å²) in [6, 6.07) is 7.33. The minimum Gasteiger partial charge on any atom is -0.486 e. The first kappa shape index (κ1) is 16.7. The predicted octanol–water partition coefficient (Wildman–Crippen LogP) is 3.34. The Morgan fingerprint density at radius 1 is 1.12 bits per heavy atom. The average Bonchev–Trinajstić information content (AvgIpc) is 2.68. The molecule has 1 saturated heterocycles. The number of piperidine rings is 1. The number of nitrogens with one attached hydrogen (secondary N) is 1. The van der Waals surface area contributed by atoms with Gasteiger partial charge in [-0.2, -0.15) is 0 Å². The third-order valence-electron chi connectivity index (χ3n) is 4.93. The zero-order valence-electron chi connectivity index (χ0n) is 14.9. The van der Waals surface area contributed by atoms with Gasteiger partial charge in [-0.05, 0) is 37.0 Å². The van der Waals surface area contributed by atoms with E-state index in [1.165, 1.54) is 12.8 Å². The highest BCUT2D eigenvalue weighted by Gasteiger charge is 2.18. The topological polar surface area (TPSA) is 63.7 Å². The van der Waals surface area contributed by atoms with Crippen molar-refractivity contribution in [1.29, 1.82) is 0 Å². The Hall–Kier alpha value is -2.76. The van der Waals surface area contributed by atoms with Gasteiger partial charge in [-0.3, -0.25) is 9.78 Å². The van der Waals surface area contributed by atoms with E-state index >= 15 is 0 Å². The Morgan fingerprint density at radius 3 is 2.69 bits per heavy atom. The number of hydrogen-bond donors (Lipinski definition) is 1. The number of anilines is 2. The van der Waals surface area contributed by atoms with Crippen LogP contribution in [0.25, 0.3) is 0 Å². The van der Waals surface area contributed by atoms with Crippen LogP contribution in [0, 0.1) is 5.92 Å². The Balaban J connectivity index is 1.47. The molecule has 0 radical (unpaired) electrons. The molecule has 3 heterocycles. The monoisotopic (exact) mass is 353 g/mol. The van der Waals surface area contributed by atoms with Gasteiger partial charge in [0.05, 0.1) is 17.4 Å². The fraction of sp³-hybridized carbons (Fsp3) is 0.400. The van der Waals surface area contributed by atoms with E-state index in [1.54, 1.807) is 12.3 Å². The molecule has 1 N–H and O–H groups in total. The van der Waals surface area contributed by atoms with Crippen LogP contribution < -0.4 is 19.7 Å². The summed E-state index contributed by atoms with van der Waals surface area (Å²) in [5.74, 6) is 1.95. The second kappa shape index (κ2) is 7.23. The van der Waals surface area contributed by atoms with E-state index in [9.17, 15) is 4.79 Å². The smallest absolute Gasteiger partial charge is 0.257 e. The van der Waals surface area contributed by atoms with Gasteiger partial charge >= 0.3 is 0 Å². The van der Waals surface area contributed by atoms with E-state index in [2.05, 4.69) is 22.1 Å². The number of ether oxygens (including phenoxy) is 2. The summed E-state index contributed by atoms with van der Waals surface area (Å²) < 4.78 is 11.1. The van der Waals surface area contributed by atoms with Crippen molar-refractivity contribution in [3.63, 3.8) is 0 Å². The maximum Gasteiger partial charge on any atom is 0.257 e. The molecule has 1 aromatic heterocycles. The normalized spacial score (nSPS) is 17.0. The zero-order valence-corrected chi connectivity index (χ0v) is 14.9. The fourth-order valence-corrected chi connectivity index (χ4v) is 3.32. The summed E-state index contributed by atoms with van der Waals surface area (Å²) in [6.45, 7) is 5.37. The summed E-state index contributed by atoms with van der Waals surface area (Å²) in [4.78, 5) is 19.2. The maximum absolute atomic E-state index is 12.6. The van der Waals surface area contributed by atoms with Crippen molar-refractivity contribution in [1.82, 2.24) is 4.98 Å². The van der Waals surface area contributed by atoms with Crippen molar-refractivity contribution in [3.8, 4) is 11.5 Å². The van der Waals surface area contributed by atoms with Crippen molar-refractivity contribution >= 4 is 17.3 Å². The molecule has 6 nitrogen and oxygen atoms in total. The second-order valence-corrected chi connectivity index (χ2v) is 6.91. The average molecular weight is 353 g/mol. The molecule has 0 bridgehead atoms. The molecule has 6 heteroatoms. The van der Waals surface area contributed by atoms with Crippen molar-refractivity contribution < 1.29 is 14.3 Å². The van der Waals surface area contributed by atoms with Gasteiger partial charge in [0.25, 0.3) is 5.91 Å². The first-order chi connectivity index (χ1) is 12.7. The standard InChI is InChI=1S/C20H23N3O3/c1-14-4-6-23(7-5-14)17-10-15(12-21-13-17)20(24)22-16-2-3-18-19(11-16)26-9-8-25-18/h2-3,10-14H,4-9H2,1H3,(H,22,24). The van der Waals surface area contributed by atoms with Crippen LogP contribution in [-0.4, -0.2) is 37.2 Å². The van der Waals surface area contributed by atoms with Gasteiger partial charge in [0.15, 0.2) is 11.5 Å². The molecule has 2 aliphatic rings. The number of aromatic nitrogens is 1. The molecular weight excluding hydrogens is 330 g/mol. The number of fused-ring (bicyclic) bond motifs is 1. The highest BCUT2D eigenvalue weighted by Crippen LogP contribution is 2.32. The fourth-order valence-electron chi connectivity index (χ4n) is 3.32. The van der Waals surface area contributed by atoms with Crippen molar-refractivity contribution in [2.45, 2.75) is 19.8 Å². The molecule has 2 aliphatic heterocycles. The lowest BCUT2D eigenvalue weighted by molar-refractivity contribution is 0.102. The molecule has 1 fully saturated rings. The number of hydrogen-bond acceptors (Lipinski definition) is 5. The van der Waals surface area contributed by atoms with E-state index < -0.39 is 0 Å². The first-order valence-electron chi connectivity index (χ1n) is 9.10. The molecular formula is C20H23N3O3. The number of carbonyl (C=O) groups is 1. The van der Waals surface area contributed by atoms with E-state index in [0.717, 1.165) is 24.7 Å². The SMILES string of the molecule is CC1CCN(c2cncc(C(=O)Nc3ccc4c(c3)OCCO4)c2)CC1. The lowest BCUT2D eigenvalue weighted by Crippen LogP contribution is -2.33. The molecule has 0 atom stereocenters. The van der Waals surface area contributed by atoms with Gasteiger partial charge in [-0.1, -0.05) is 6.92 Å². The molecule has 1 aromatic carbocycles. The largest absolute Gasteiger partial charge is 0.486 e. The van der Waals surface area contributed by atoms with Crippen molar-refractivity contribution in [2.24, 2.45) is 5.92 Å². The Kier molecular flexibility index (Phi) is 4.65. The van der Waals surface area contributed by atoms with E-state index in [0.29, 0.717) is 36.0 Å². The summed E-state index contributed by atoms with van der Waals surface area (Å²) in [7, 11) is 0. The van der Waals surface area contributed by atoms with Crippen LogP contribution in [0.5, 0.6) is 11.5 Å². The van der Waals surface area contributed by atoms with Crippen LogP contribution in [0.2, 0.25) is 0 Å². The number of nitrogens with zero attached hydrogens (tertiary/aromatic N) is 2. The Morgan fingerprint density at radius 2 is 1.88 bits per heavy atom. The quantitative estimate of drug-likeness (QED) is 0.917. The van der Waals surface area contributed by atoms with Crippen molar-refractivity contribution in [3.05, 3.63) is 42.2 Å². The van der Waals surface area contributed by atoms with Gasteiger partial charge in [0.1, 0.15) is 13.2 Å². The maximum atomic E-state index is 12.6. The molecule has 4 rings (SSSR count). The van der Waals surface area contributed by atoms with Crippen LogP contribution in [0.4, 0.5) is 11.4 Å². The van der Waals surface area contributed by atoms with E-state index in [-0.39, 0.29) is 5.91 Å². The number of rotatable bonds is 3. The van der Waals surface area contributed by atoms with Crippen LogP contribution in [0.1, 0.15) is 30.1 Å². The predicted molar refractivity (Wildman–Crippen MR) is 100 cm³/mol. The van der Waals surface area contributed by atoms with Gasteiger partial charge < -0.3 is 19.7 Å². The number of amides is 1. The number of pyridine rings is 1. The zero-order chi connectivity index (χ0) is 17.9. The van der Waals surface area contributed by atoms with Crippen LogP contribution in [0.15, 0.2) is 36.7 Å².